The first-order chi connectivity index (χ1) is 6.65. The smallest absolute Gasteiger partial charge is 0.274 e. The Bertz CT molecular complexity index is 344. The van der Waals surface area contributed by atoms with Crippen molar-refractivity contribution < 1.29 is 14.0 Å². The third kappa shape index (κ3) is 2.78. The molecule has 0 saturated heterocycles. The van der Waals surface area contributed by atoms with Gasteiger partial charge in [-0.1, -0.05) is 0 Å². The van der Waals surface area contributed by atoms with E-state index in [1.165, 1.54) is 18.2 Å². The van der Waals surface area contributed by atoms with Gasteiger partial charge in [0.15, 0.2) is 0 Å². The molecule has 0 heterocycles. The fraction of sp³-hybridized carbons (Fsp3) is 0.222. The summed E-state index contributed by atoms with van der Waals surface area (Å²) < 4.78 is 13.1. The molecule has 0 aliphatic heterocycles. The van der Waals surface area contributed by atoms with Gasteiger partial charge in [0.25, 0.3) is 5.91 Å². The predicted octanol–water partition coefficient (Wildman–Crippen LogP) is 2.27. The van der Waals surface area contributed by atoms with Crippen LogP contribution in [0, 0.1) is 5.82 Å². The lowest BCUT2D eigenvalue weighted by Crippen LogP contribution is -2.23. The maximum absolute atomic E-state index is 12.7. The van der Waals surface area contributed by atoms with Crippen molar-refractivity contribution in [1.29, 1.82) is 0 Å². The molecule has 0 fully saturated rings. The van der Waals surface area contributed by atoms with Crippen molar-refractivity contribution >= 4 is 21.8 Å². The van der Waals surface area contributed by atoms with Crippen molar-refractivity contribution in [3.63, 3.8) is 0 Å². The van der Waals surface area contributed by atoms with Crippen molar-refractivity contribution in [2.75, 3.05) is 6.61 Å². The Morgan fingerprint density at radius 3 is 2.93 bits per heavy atom. The van der Waals surface area contributed by atoms with Gasteiger partial charge in [0.1, 0.15) is 5.82 Å². The first-order valence-corrected chi connectivity index (χ1v) is 4.81. The summed E-state index contributed by atoms with van der Waals surface area (Å²) in [6.07, 6.45) is 0. The fourth-order valence-electron chi connectivity index (χ4n) is 0.866. The van der Waals surface area contributed by atoms with Crippen molar-refractivity contribution in [1.82, 2.24) is 5.48 Å². The molecule has 0 aliphatic carbocycles. The van der Waals surface area contributed by atoms with E-state index in [1.807, 2.05) is 0 Å². The largest absolute Gasteiger partial charge is 0.275 e. The van der Waals surface area contributed by atoms with Crippen molar-refractivity contribution in [3.8, 4) is 0 Å². The van der Waals surface area contributed by atoms with Crippen LogP contribution >= 0.6 is 15.9 Å². The van der Waals surface area contributed by atoms with E-state index in [9.17, 15) is 9.18 Å². The van der Waals surface area contributed by atoms with Gasteiger partial charge in [-0.2, -0.15) is 0 Å². The Kier molecular flexibility index (Phi) is 4.03. The van der Waals surface area contributed by atoms with Crippen LogP contribution in [0.3, 0.4) is 0 Å². The molecule has 5 heteroatoms. The van der Waals surface area contributed by atoms with E-state index < -0.39 is 11.7 Å². The lowest BCUT2D eigenvalue weighted by Gasteiger charge is -2.05. The summed E-state index contributed by atoms with van der Waals surface area (Å²) in [5, 5.41) is 0. The number of hydrogen-bond donors (Lipinski definition) is 1. The maximum Gasteiger partial charge on any atom is 0.275 e. The Hall–Kier alpha value is -0.940. The Morgan fingerprint density at radius 2 is 2.36 bits per heavy atom. The molecule has 1 amide bonds. The minimum atomic E-state index is -0.404. The monoisotopic (exact) mass is 261 g/mol. The van der Waals surface area contributed by atoms with Gasteiger partial charge >= 0.3 is 0 Å². The second-order valence-corrected chi connectivity index (χ2v) is 3.34. The number of hydrogen-bond acceptors (Lipinski definition) is 2. The Balaban J connectivity index is 2.80. The van der Waals surface area contributed by atoms with Crippen LogP contribution in [0.25, 0.3) is 0 Å². The number of amides is 1. The second-order valence-electron chi connectivity index (χ2n) is 2.49. The van der Waals surface area contributed by atoms with Crippen LogP contribution in [0.2, 0.25) is 0 Å². The molecule has 1 N–H and O–H groups in total. The third-order valence-corrected chi connectivity index (χ3v) is 2.14. The van der Waals surface area contributed by atoms with Gasteiger partial charge in [0.2, 0.25) is 0 Å². The average Bonchev–Trinajstić information content (AvgIpc) is 2.14. The highest BCUT2D eigenvalue weighted by atomic mass is 79.9. The lowest BCUT2D eigenvalue weighted by atomic mass is 10.2. The van der Waals surface area contributed by atoms with Crippen LogP contribution in [-0.2, 0) is 4.84 Å². The molecule has 0 radical (unpaired) electrons. The van der Waals surface area contributed by atoms with Crippen LogP contribution in [0.4, 0.5) is 4.39 Å². The normalized spacial score (nSPS) is 9.93. The summed E-state index contributed by atoms with van der Waals surface area (Å²) in [6, 6.07) is 3.82. The van der Waals surface area contributed by atoms with Gasteiger partial charge in [0, 0.05) is 4.47 Å². The molecule has 1 aromatic rings. The zero-order chi connectivity index (χ0) is 10.6. The maximum atomic E-state index is 12.7. The SMILES string of the molecule is CCONC(=O)c1ccc(F)cc1Br. The summed E-state index contributed by atoms with van der Waals surface area (Å²) in [6.45, 7) is 2.13. The highest BCUT2D eigenvalue weighted by molar-refractivity contribution is 9.10. The number of halogens is 2. The molecule has 0 aliphatic rings. The first-order valence-electron chi connectivity index (χ1n) is 4.02. The molecule has 3 nitrogen and oxygen atoms in total. The highest BCUT2D eigenvalue weighted by Gasteiger charge is 2.09. The second kappa shape index (κ2) is 5.07. The molecular weight excluding hydrogens is 253 g/mol. The summed E-state index contributed by atoms with van der Waals surface area (Å²) in [5.41, 5.74) is 2.55. The number of carbonyl (C=O) groups excluding carboxylic acids is 1. The molecule has 0 spiro atoms. The van der Waals surface area contributed by atoms with Gasteiger partial charge in [-0.15, -0.1) is 0 Å². The first kappa shape index (κ1) is 11.1. The van der Waals surface area contributed by atoms with Gasteiger partial charge in [-0.3, -0.25) is 9.63 Å². The molecule has 1 rings (SSSR count). The van der Waals surface area contributed by atoms with E-state index >= 15 is 0 Å². The number of nitrogens with one attached hydrogen (secondary N) is 1. The van der Waals surface area contributed by atoms with E-state index in [0.29, 0.717) is 16.6 Å². The summed E-state index contributed by atoms with van der Waals surface area (Å²) in [7, 11) is 0. The minimum Gasteiger partial charge on any atom is -0.274 e. The molecule has 0 bridgehead atoms. The van der Waals surface area contributed by atoms with Crippen molar-refractivity contribution in [3.05, 3.63) is 34.1 Å². The van der Waals surface area contributed by atoms with Gasteiger partial charge in [0.05, 0.1) is 12.2 Å². The van der Waals surface area contributed by atoms with Gasteiger partial charge < -0.3 is 0 Å². The summed E-state index contributed by atoms with van der Waals surface area (Å²) in [4.78, 5) is 16.1. The zero-order valence-electron chi connectivity index (χ0n) is 7.51. The Morgan fingerprint density at radius 1 is 1.64 bits per heavy atom. The van der Waals surface area contributed by atoms with Crippen LogP contribution in [-0.4, -0.2) is 12.5 Å². The highest BCUT2D eigenvalue weighted by Crippen LogP contribution is 2.17. The number of carbonyl (C=O) groups is 1. The molecule has 0 atom stereocenters. The van der Waals surface area contributed by atoms with E-state index in [-0.39, 0.29) is 0 Å². The number of benzene rings is 1. The van der Waals surface area contributed by atoms with Crippen LogP contribution in [0.15, 0.2) is 22.7 Å². The fourth-order valence-corrected chi connectivity index (χ4v) is 1.40. The van der Waals surface area contributed by atoms with Crippen molar-refractivity contribution in [2.45, 2.75) is 6.92 Å². The Labute approximate surface area is 89.3 Å². The third-order valence-electron chi connectivity index (χ3n) is 1.48. The zero-order valence-corrected chi connectivity index (χ0v) is 9.10. The minimum absolute atomic E-state index is 0.333. The molecule has 1 aromatic carbocycles. The van der Waals surface area contributed by atoms with Crippen LogP contribution in [0.5, 0.6) is 0 Å². The molecule has 14 heavy (non-hydrogen) atoms. The standard InChI is InChI=1S/C9H9BrFNO2/c1-2-14-12-9(13)7-4-3-6(11)5-8(7)10/h3-5H,2H2,1H3,(H,12,13). The topological polar surface area (TPSA) is 38.3 Å². The van der Waals surface area contributed by atoms with E-state index in [4.69, 9.17) is 4.84 Å². The molecular formula is C9H9BrFNO2. The molecule has 0 unspecified atom stereocenters. The molecule has 0 saturated carbocycles. The average molecular weight is 262 g/mol. The summed E-state index contributed by atoms with van der Waals surface area (Å²) >= 11 is 3.08. The van der Waals surface area contributed by atoms with Crippen LogP contribution < -0.4 is 5.48 Å². The van der Waals surface area contributed by atoms with Crippen LogP contribution in [0.1, 0.15) is 17.3 Å². The lowest BCUT2D eigenvalue weighted by molar-refractivity contribution is 0.0364. The van der Waals surface area contributed by atoms with Crippen molar-refractivity contribution in [2.24, 2.45) is 0 Å². The predicted molar refractivity (Wildman–Crippen MR) is 53.2 cm³/mol. The summed E-state index contributed by atoms with van der Waals surface area (Å²) in [5.74, 6) is -0.802. The number of hydroxylamine groups is 1. The quantitative estimate of drug-likeness (QED) is 0.848. The molecule has 0 aromatic heterocycles. The number of rotatable bonds is 3. The van der Waals surface area contributed by atoms with Gasteiger partial charge in [-0.25, -0.2) is 9.87 Å². The van der Waals surface area contributed by atoms with E-state index in [1.54, 1.807) is 6.92 Å². The molecule has 76 valence electrons. The van der Waals surface area contributed by atoms with Gasteiger partial charge in [-0.05, 0) is 41.1 Å². The van der Waals surface area contributed by atoms with E-state index in [0.717, 1.165) is 0 Å². The van der Waals surface area contributed by atoms with E-state index in [2.05, 4.69) is 21.4 Å².